The Hall–Kier alpha value is -1.96. The molecule has 0 radical (unpaired) electrons. The fraction of sp³-hybridized carbons (Fsp3) is 0.222. The van der Waals surface area contributed by atoms with Gasteiger partial charge < -0.3 is 0 Å². The van der Waals surface area contributed by atoms with Crippen LogP contribution in [-0.4, -0.2) is 4.92 Å². The van der Waals surface area contributed by atoms with Crippen molar-refractivity contribution in [1.29, 1.82) is 5.26 Å². The Balaban J connectivity index is 3.10. The van der Waals surface area contributed by atoms with E-state index < -0.39 is 16.8 Å². The average Bonchev–Trinajstić information content (AvgIpc) is 2.16. The molecule has 0 aliphatic carbocycles. The topological polar surface area (TPSA) is 66.9 Å². The average molecular weight is 194 g/mol. The van der Waals surface area contributed by atoms with Crippen molar-refractivity contribution in [3.05, 3.63) is 45.3 Å². The van der Waals surface area contributed by atoms with Crippen molar-refractivity contribution in [3.63, 3.8) is 0 Å². The summed E-state index contributed by atoms with van der Waals surface area (Å²) in [6.07, 6.45) is 0. The maximum absolute atomic E-state index is 13.0. The molecule has 0 bridgehead atoms. The predicted molar refractivity (Wildman–Crippen MR) is 46.5 cm³/mol. The number of benzene rings is 1. The lowest BCUT2D eigenvalue weighted by Gasteiger charge is -2.03. The maximum atomic E-state index is 13.0. The van der Waals surface area contributed by atoms with Crippen LogP contribution in [0.3, 0.4) is 0 Å². The molecule has 5 heteroatoms. The van der Waals surface area contributed by atoms with E-state index in [2.05, 4.69) is 0 Å². The van der Waals surface area contributed by atoms with Gasteiger partial charge in [-0.25, -0.2) is 4.39 Å². The summed E-state index contributed by atoms with van der Waals surface area (Å²) in [5.41, 5.74) is 0.149. The van der Waals surface area contributed by atoms with Crippen LogP contribution in [0.25, 0.3) is 0 Å². The van der Waals surface area contributed by atoms with Crippen molar-refractivity contribution in [3.8, 4) is 6.07 Å². The summed E-state index contributed by atoms with van der Waals surface area (Å²) in [5, 5.41) is 18.8. The largest absolute Gasteiger partial charge is 0.264 e. The Morgan fingerprint density at radius 2 is 2.29 bits per heavy atom. The van der Waals surface area contributed by atoms with Gasteiger partial charge in [-0.1, -0.05) is 6.07 Å². The zero-order chi connectivity index (χ0) is 10.7. The van der Waals surface area contributed by atoms with Crippen LogP contribution in [0.2, 0.25) is 0 Å². The van der Waals surface area contributed by atoms with Gasteiger partial charge in [0.1, 0.15) is 11.9 Å². The SMILES string of the molecule is CC(c1ccc(C#N)c(F)c1)[N+](=O)[O-]. The van der Waals surface area contributed by atoms with Gasteiger partial charge >= 0.3 is 0 Å². The molecule has 0 fully saturated rings. The number of halogens is 1. The first kappa shape index (κ1) is 10.1. The molecular formula is C9H7FN2O2. The van der Waals surface area contributed by atoms with Crippen LogP contribution in [-0.2, 0) is 0 Å². The van der Waals surface area contributed by atoms with Crippen LogP contribution in [0, 0.1) is 27.3 Å². The normalized spacial score (nSPS) is 11.8. The third kappa shape index (κ3) is 1.85. The molecule has 0 spiro atoms. The van der Waals surface area contributed by atoms with Crippen molar-refractivity contribution in [2.45, 2.75) is 13.0 Å². The maximum Gasteiger partial charge on any atom is 0.235 e. The van der Waals surface area contributed by atoms with E-state index >= 15 is 0 Å². The standard InChI is InChI=1S/C9H7FN2O2/c1-6(12(13)14)7-2-3-8(5-11)9(10)4-7/h2-4,6H,1H3. The van der Waals surface area contributed by atoms with Gasteiger partial charge in [0.25, 0.3) is 0 Å². The highest BCUT2D eigenvalue weighted by atomic mass is 19.1. The van der Waals surface area contributed by atoms with Gasteiger partial charge in [0.15, 0.2) is 0 Å². The Labute approximate surface area is 79.7 Å². The zero-order valence-corrected chi connectivity index (χ0v) is 7.40. The van der Waals surface area contributed by atoms with E-state index in [1.54, 1.807) is 6.07 Å². The second-order valence-electron chi connectivity index (χ2n) is 2.81. The van der Waals surface area contributed by atoms with Crippen molar-refractivity contribution >= 4 is 0 Å². The van der Waals surface area contributed by atoms with E-state index in [-0.39, 0.29) is 11.1 Å². The molecule has 0 heterocycles. The number of nitriles is 1. The van der Waals surface area contributed by atoms with E-state index in [0.717, 1.165) is 6.07 Å². The van der Waals surface area contributed by atoms with Crippen molar-refractivity contribution in [1.82, 2.24) is 0 Å². The van der Waals surface area contributed by atoms with Crippen LogP contribution in [0.4, 0.5) is 4.39 Å². The summed E-state index contributed by atoms with van der Waals surface area (Å²) in [6.45, 7) is 1.36. The van der Waals surface area contributed by atoms with Crippen molar-refractivity contribution in [2.24, 2.45) is 0 Å². The van der Waals surface area contributed by atoms with Crippen LogP contribution < -0.4 is 0 Å². The number of rotatable bonds is 2. The van der Waals surface area contributed by atoms with Gasteiger partial charge in [-0.3, -0.25) is 10.1 Å². The second kappa shape index (κ2) is 3.83. The highest BCUT2D eigenvalue weighted by molar-refractivity contribution is 5.34. The Morgan fingerprint density at radius 3 is 2.71 bits per heavy atom. The van der Waals surface area contributed by atoms with E-state index in [0.29, 0.717) is 0 Å². The molecule has 1 atom stereocenters. The van der Waals surface area contributed by atoms with E-state index in [9.17, 15) is 14.5 Å². The van der Waals surface area contributed by atoms with E-state index in [1.165, 1.54) is 19.1 Å². The summed E-state index contributed by atoms with van der Waals surface area (Å²) >= 11 is 0. The molecule has 1 unspecified atom stereocenters. The highest BCUT2D eigenvalue weighted by Crippen LogP contribution is 2.18. The fourth-order valence-electron chi connectivity index (χ4n) is 1.00. The first-order chi connectivity index (χ1) is 6.56. The van der Waals surface area contributed by atoms with Crippen LogP contribution >= 0.6 is 0 Å². The van der Waals surface area contributed by atoms with Gasteiger partial charge in [-0.15, -0.1) is 0 Å². The first-order valence-electron chi connectivity index (χ1n) is 3.89. The molecule has 0 aromatic heterocycles. The number of hydrogen-bond donors (Lipinski definition) is 0. The first-order valence-corrected chi connectivity index (χ1v) is 3.89. The summed E-state index contributed by atoms with van der Waals surface area (Å²) < 4.78 is 13.0. The lowest BCUT2D eigenvalue weighted by Crippen LogP contribution is -2.06. The summed E-state index contributed by atoms with van der Waals surface area (Å²) in [4.78, 5) is 9.87. The minimum Gasteiger partial charge on any atom is -0.264 e. The number of hydrogen-bond acceptors (Lipinski definition) is 3. The molecular weight excluding hydrogens is 187 g/mol. The molecule has 0 N–H and O–H groups in total. The molecule has 0 aliphatic rings. The van der Waals surface area contributed by atoms with Crippen LogP contribution in [0.5, 0.6) is 0 Å². The van der Waals surface area contributed by atoms with E-state index in [1.807, 2.05) is 0 Å². The Kier molecular flexibility index (Phi) is 2.77. The Morgan fingerprint density at radius 1 is 1.64 bits per heavy atom. The van der Waals surface area contributed by atoms with Gasteiger partial charge in [0.2, 0.25) is 6.04 Å². The summed E-state index contributed by atoms with van der Waals surface area (Å²) in [7, 11) is 0. The molecule has 0 aliphatic heterocycles. The minimum absolute atomic E-state index is 0.107. The zero-order valence-electron chi connectivity index (χ0n) is 7.40. The molecule has 0 amide bonds. The Bertz CT molecular complexity index is 412. The smallest absolute Gasteiger partial charge is 0.235 e. The van der Waals surface area contributed by atoms with Gasteiger partial charge in [0.05, 0.1) is 5.56 Å². The molecule has 0 saturated heterocycles. The molecule has 1 aromatic rings. The predicted octanol–water partition coefficient (Wildman–Crippen LogP) is 2.04. The molecule has 14 heavy (non-hydrogen) atoms. The summed E-state index contributed by atoms with van der Waals surface area (Å²) in [6, 6.07) is 4.33. The van der Waals surface area contributed by atoms with Gasteiger partial charge in [0, 0.05) is 17.4 Å². The monoisotopic (exact) mass is 194 g/mol. The lowest BCUT2D eigenvalue weighted by molar-refractivity contribution is -0.524. The number of nitrogens with zero attached hydrogens (tertiary/aromatic N) is 2. The molecule has 0 saturated carbocycles. The van der Waals surface area contributed by atoms with Crippen LogP contribution in [0.15, 0.2) is 18.2 Å². The van der Waals surface area contributed by atoms with Crippen LogP contribution in [0.1, 0.15) is 24.1 Å². The highest BCUT2D eigenvalue weighted by Gasteiger charge is 2.17. The molecule has 1 aromatic carbocycles. The third-order valence-electron chi connectivity index (χ3n) is 1.91. The summed E-state index contributed by atoms with van der Waals surface area (Å²) in [5.74, 6) is -0.723. The second-order valence-corrected chi connectivity index (χ2v) is 2.81. The molecule has 4 nitrogen and oxygen atoms in total. The fourth-order valence-corrected chi connectivity index (χ4v) is 1.00. The van der Waals surface area contributed by atoms with Gasteiger partial charge in [-0.05, 0) is 12.1 Å². The van der Waals surface area contributed by atoms with Crippen molar-refractivity contribution in [2.75, 3.05) is 0 Å². The van der Waals surface area contributed by atoms with Crippen molar-refractivity contribution < 1.29 is 9.31 Å². The third-order valence-corrected chi connectivity index (χ3v) is 1.91. The van der Waals surface area contributed by atoms with Gasteiger partial charge in [-0.2, -0.15) is 5.26 Å². The lowest BCUT2D eigenvalue weighted by atomic mass is 10.1. The minimum atomic E-state index is -0.961. The quantitative estimate of drug-likeness (QED) is 0.534. The molecule has 1 rings (SSSR count). The van der Waals surface area contributed by atoms with E-state index in [4.69, 9.17) is 5.26 Å². The number of nitro groups is 1. The molecule has 72 valence electrons.